The van der Waals surface area contributed by atoms with Gasteiger partial charge in [0.1, 0.15) is 11.6 Å². The van der Waals surface area contributed by atoms with Crippen molar-refractivity contribution < 1.29 is 27.1 Å². The summed E-state index contributed by atoms with van der Waals surface area (Å²) >= 11 is 0. The number of nitrogens with zero attached hydrogens (tertiary/aromatic N) is 2. The van der Waals surface area contributed by atoms with E-state index in [1.54, 1.807) is 17.0 Å². The van der Waals surface area contributed by atoms with Crippen molar-refractivity contribution in [2.45, 2.75) is 19.2 Å². The summed E-state index contributed by atoms with van der Waals surface area (Å²) in [5, 5.41) is 2.71. The van der Waals surface area contributed by atoms with E-state index < -0.39 is 6.36 Å². The smallest absolute Gasteiger partial charge is 0.406 e. The summed E-state index contributed by atoms with van der Waals surface area (Å²) in [5.74, 6) is -0.354. The second-order valence-electron chi connectivity index (χ2n) is 8.59. The van der Waals surface area contributed by atoms with Crippen LogP contribution in [0.15, 0.2) is 78.7 Å². The number of carbonyl (C=O) groups excluding carboxylic acids is 1. The van der Waals surface area contributed by atoms with Gasteiger partial charge in [-0.2, -0.15) is 0 Å². The number of urea groups is 1. The van der Waals surface area contributed by atoms with Crippen molar-refractivity contribution in [2.75, 3.05) is 25.0 Å². The fraction of sp³-hybridized carbons (Fsp3) is 0.269. The number of carbonyl (C=O) groups is 1. The van der Waals surface area contributed by atoms with Crippen LogP contribution in [0.4, 0.5) is 28.0 Å². The maximum absolute atomic E-state index is 13.3. The van der Waals surface area contributed by atoms with E-state index >= 15 is 0 Å². The van der Waals surface area contributed by atoms with E-state index in [4.69, 9.17) is 5.73 Å². The fourth-order valence-corrected chi connectivity index (χ4v) is 4.20. The molecule has 0 spiro atoms. The third-order valence-corrected chi connectivity index (χ3v) is 6.07. The van der Waals surface area contributed by atoms with Gasteiger partial charge in [-0.3, -0.25) is 0 Å². The summed E-state index contributed by atoms with van der Waals surface area (Å²) in [6, 6.07) is 10.8. The van der Waals surface area contributed by atoms with Gasteiger partial charge in [-0.15, -0.1) is 13.2 Å². The van der Waals surface area contributed by atoms with Gasteiger partial charge in [-0.05, 0) is 85.0 Å². The van der Waals surface area contributed by atoms with Gasteiger partial charge in [0.25, 0.3) is 0 Å². The number of amides is 2. The Morgan fingerprint density at radius 2 is 1.69 bits per heavy atom. The molecule has 0 aromatic heterocycles. The van der Waals surface area contributed by atoms with Crippen molar-refractivity contribution in [3.8, 4) is 5.75 Å². The molecule has 2 aromatic carbocycles. The van der Waals surface area contributed by atoms with Gasteiger partial charge in [0, 0.05) is 31.5 Å². The van der Waals surface area contributed by atoms with Crippen LogP contribution in [0.2, 0.25) is 0 Å². The SMILES string of the molecule is N/C(=C1/C=CC=CN1CC1CCN(C(=O)Nc2ccc(OC(F)(F)F)cc2)CC1)c1ccc(F)cc1. The Balaban J connectivity index is 1.31. The molecule has 36 heavy (non-hydrogen) atoms. The lowest BCUT2D eigenvalue weighted by atomic mass is 9.95. The number of hydrogen-bond donors (Lipinski definition) is 2. The Bertz CT molecular complexity index is 1150. The van der Waals surface area contributed by atoms with Crippen molar-refractivity contribution in [2.24, 2.45) is 11.7 Å². The lowest BCUT2D eigenvalue weighted by Crippen LogP contribution is -2.43. The van der Waals surface area contributed by atoms with Crippen LogP contribution in [0.1, 0.15) is 18.4 Å². The van der Waals surface area contributed by atoms with Crippen LogP contribution >= 0.6 is 0 Å². The molecule has 2 aliphatic rings. The molecule has 10 heteroatoms. The van der Waals surface area contributed by atoms with E-state index in [2.05, 4.69) is 15.0 Å². The predicted octanol–water partition coefficient (Wildman–Crippen LogP) is 5.68. The number of nitrogens with one attached hydrogen (secondary N) is 1. The molecule has 0 atom stereocenters. The quantitative estimate of drug-likeness (QED) is 0.516. The molecule has 0 aliphatic carbocycles. The van der Waals surface area contributed by atoms with Gasteiger partial charge in [0.2, 0.25) is 0 Å². The van der Waals surface area contributed by atoms with Gasteiger partial charge in [-0.1, -0.05) is 6.08 Å². The van der Waals surface area contributed by atoms with Gasteiger partial charge in [-0.25, -0.2) is 9.18 Å². The Labute approximate surface area is 206 Å². The summed E-state index contributed by atoms with van der Waals surface area (Å²) in [5.41, 5.74) is 8.90. The van der Waals surface area contributed by atoms with Crippen LogP contribution in [0.25, 0.3) is 5.70 Å². The number of nitrogens with two attached hydrogens (primary N) is 1. The number of allylic oxidation sites excluding steroid dienone is 3. The third kappa shape index (κ3) is 6.59. The Hall–Kier alpha value is -3.95. The Morgan fingerprint density at radius 1 is 1.03 bits per heavy atom. The molecule has 2 amide bonds. The first-order valence-corrected chi connectivity index (χ1v) is 11.5. The first-order chi connectivity index (χ1) is 17.2. The molecule has 2 heterocycles. The molecule has 0 bridgehead atoms. The maximum Gasteiger partial charge on any atom is 0.573 e. The van der Waals surface area contributed by atoms with E-state index in [1.807, 2.05) is 24.4 Å². The van der Waals surface area contributed by atoms with Crippen LogP contribution in [-0.2, 0) is 0 Å². The van der Waals surface area contributed by atoms with E-state index in [9.17, 15) is 22.4 Å². The molecule has 1 saturated heterocycles. The van der Waals surface area contributed by atoms with Crippen molar-refractivity contribution in [3.05, 3.63) is 90.0 Å². The van der Waals surface area contributed by atoms with Crippen molar-refractivity contribution in [3.63, 3.8) is 0 Å². The van der Waals surface area contributed by atoms with Gasteiger partial charge >= 0.3 is 12.4 Å². The number of anilines is 1. The normalized spacial score (nSPS) is 17.8. The second kappa shape index (κ2) is 10.8. The lowest BCUT2D eigenvalue weighted by Gasteiger charge is -2.35. The number of piperidine rings is 1. The highest BCUT2D eigenvalue weighted by Gasteiger charge is 2.31. The minimum Gasteiger partial charge on any atom is -0.406 e. The molecule has 4 rings (SSSR count). The third-order valence-electron chi connectivity index (χ3n) is 6.07. The molecule has 1 fully saturated rings. The zero-order valence-corrected chi connectivity index (χ0v) is 19.3. The Kier molecular flexibility index (Phi) is 7.52. The first kappa shape index (κ1) is 25.2. The van der Waals surface area contributed by atoms with E-state index in [-0.39, 0.29) is 17.6 Å². The van der Waals surface area contributed by atoms with E-state index in [0.717, 1.165) is 36.2 Å². The zero-order valence-electron chi connectivity index (χ0n) is 19.3. The van der Waals surface area contributed by atoms with Crippen molar-refractivity contribution in [1.82, 2.24) is 9.80 Å². The summed E-state index contributed by atoms with van der Waals surface area (Å²) in [6.07, 6.45) is 4.50. The summed E-state index contributed by atoms with van der Waals surface area (Å²) in [7, 11) is 0. The van der Waals surface area contributed by atoms with Gasteiger partial charge in [0.15, 0.2) is 0 Å². The average molecular weight is 503 g/mol. The number of alkyl halides is 3. The molecule has 2 aromatic rings. The van der Waals surface area contributed by atoms with E-state index in [0.29, 0.717) is 36.9 Å². The molecule has 3 N–H and O–H groups in total. The second-order valence-corrected chi connectivity index (χ2v) is 8.59. The standard InChI is InChI=1S/C26H26F4N4O2/c27-20-6-4-19(5-7-20)24(31)23-3-1-2-14-34(23)17-18-12-15-33(16-13-18)25(35)32-21-8-10-22(11-9-21)36-26(28,29)30/h1-11,14,18H,12-13,15-17,31H2,(H,32,35)/b24-23-. The average Bonchev–Trinajstić information content (AvgIpc) is 2.85. The number of hydrogen-bond acceptors (Lipinski definition) is 4. The largest absolute Gasteiger partial charge is 0.573 e. The zero-order chi connectivity index (χ0) is 25.7. The predicted molar refractivity (Wildman–Crippen MR) is 129 cm³/mol. The fourth-order valence-electron chi connectivity index (χ4n) is 4.20. The van der Waals surface area contributed by atoms with Crippen LogP contribution in [0, 0.1) is 11.7 Å². The van der Waals surface area contributed by atoms with Crippen LogP contribution in [0.3, 0.4) is 0 Å². The van der Waals surface area contributed by atoms with Crippen LogP contribution in [-0.4, -0.2) is 41.8 Å². The number of ether oxygens (including phenoxy) is 1. The molecule has 2 aliphatic heterocycles. The highest BCUT2D eigenvalue weighted by atomic mass is 19.4. The van der Waals surface area contributed by atoms with Crippen LogP contribution < -0.4 is 15.8 Å². The molecule has 6 nitrogen and oxygen atoms in total. The summed E-state index contributed by atoms with van der Waals surface area (Å²) < 4.78 is 54.0. The summed E-state index contributed by atoms with van der Waals surface area (Å²) in [4.78, 5) is 16.4. The molecule has 0 saturated carbocycles. The Morgan fingerprint density at radius 3 is 2.33 bits per heavy atom. The number of rotatable bonds is 5. The van der Waals surface area contributed by atoms with Crippen LogP contribution in [0.5, 0.6) is 5.75 Å². The molecule has 0 radical (unpaired) electrons. The molecule has 190 valence electrons. The first-order valence-electron chi connectivity index (χ1n) is 11.5. The number of halogens is 4. The number of benzene rings is 2. The molecule has 0 unspecified atom stereocenters. The highest BCUT2D eigenvalue weighted by Crippen LogP contribution is 2.27. The topological polar surface area (TPSA) is 70.8 Å². The molecular formula is C26H26F4N4O2. The minimum atomic E-state index is -4.77. The minimum absolute atomic E-state index is 0.306. The van der Waals surface area contributed by atoms with Crippen molar-refractivity contribution >= 4 is 17.4 Å². The van der Waals surface area contributed by atoms with E-state index in [1.165, 1.54) is 24.3 Å². The van der Waals surface area contributed by atoms with Gasteiger partial charge in [0.05, 0.1) is 11.4 Å². The highest BCUT2D eigenvalue weighted by molar-refractivity contribution is 5.89. The lowest BCUT2D eigenvalue weighted by molar-refractivity contribution is -0.274. The summed E-state index contributed by atoms with van der Waals surface area (Å²) in [6.45, 7) is 1.81. The van der Waals surface area contributed by atoms with Gasteiger partial charge < -0.3 is 25.6 Å². The molecular weight excluding hydrogens is 476 g/mol. The number of likely N-dealkylation sites (tertiary alicyclic amines) is 1. The monoisotopic (exact) mass is 502 g/mol. The van der Waals surface area contributed by atoms with Crippen molar-refractivity contribution in [1.29, 1.82) is 0 Å². The maximum atomic E-state index is 13.3.